The van der Waals surface area contributed by atoms with E-state index in [1.165, 1.54) is 5.56 Å². The van der Waals surface area contributed by atoms with E-state index in [-0.39, 0.29) is 0 Å². The van der Waals surface area contributed by atoms with E-state index < -0.39 is 0 Å². The van der Waals surface area contributed by atoms with Crippen LogP contribution in [0.25, 0.3) is 17.3 Å². The first kappa shape index (κ1) is 22.6. The molecule has 0 aliphatic carbocycles. The molecule has 0 saturated carbocycles. The third kappa shape index (κ3) is 5.27. The van der Waals surface area contributed by atoms with Crippen molar-refractivity contribution in [3.63, 3.8) is 0 Å². The lowest BCUT2D eigenvalue weighted by Gasteiger charge is -2.12. The summed E-state index contributed by atoms with van der Waals surface area (Å²) in [6.45, 7) is 6.74. The summed E-state index contributed by atoms with van der Waals surface area (Å²) < 4.78 is 9.20. The fourth-order valence-corrected chi connectivity index (χ4v) is 4.10. The maximum absolute atomic E-state index is 9.73. The SMILES string of the molecule is Cc1ccc(/C(C#N)=C\c2cc(C)n(-c3ccc(OCc4ccc(Br)cc4)cc3)c2C)cc1. The van der Waals surface area contributed by atoms with Crippen LogP contribution in [-0.4, -0.2) is 4.57 Å². The number of aromatic nitrogens is 1. The van der Waals surface area contributed by atoms with Gasteiger partial charge in [-0.1, -0.05) is 57.9 Å². The summed E-state index contributed by atoms with van der Waals surface area (Å²) in [6, 6.07) is 28.8. The number of aryl methyl sites for hydroxylation is 2. The highest BCUT2D eigenvalue weighted by Crippen LogP contribution is 2.27. The number of benzene rings is 3. The van der Waals surface area contributed by atoms with Crippen LogP contribution in [0.2, 0.25) is 0 Å². The third-order valence-electron chi connectivity index (χ3n) is 5.67. The van der Waals surface area contributed by atoms with Crippen molar-refractivity contribution >= 4 is 27.6 Å². The number of allylic oxidation sites excluding steroid dienone is 1. The Bertz CT molecular complexity index is 1320. The van der Waals surface area contributed by atoms with Gasteiger partial charge in [-0.3, -0.25) is 0 Å². The van der Waals surface area contributed by atoms with E-state index in [1.54, 1.807) is 0 Å². The van der Waals surface area contributed by atoms with Crippen molar-refractivity contribution in [2.75, 3.05) is 0 Å². The first-order valence-corrected chi connectivity index (χ1v) is 11.6. The molecule has 0 spiro atoms. The van der Waals surface area contributed by atoms with Gasteiger partial charge in [0.15, 0.2) is 0 Å². The number of ether oxygens (including phenoxy) is 1. The van der Waals surface area contributed by atoms with Gasteiger partial charge in [0.2, 0.25) is 0 Å². The molecule has 0 N–H and O–H groups in total. The fraction of sp³-hybridized carbons (Fsp3) is 0.138. The summed E-state index contributed by atoms with van der Waals surface area (Å²) in [4.78, 5) is 0. The second kappa shape index (κ2) is 9.94. The zero-order valence-electron chi connectivity index (χ0n) is 19.0. The van der Waals surface area contributed by atoms with Crippen molar-refractivity contribution in [3.8, 4) is 17.5 Å². The number of hydrogen-bond donors (Lipinski definition) is 0. The summed E-state index contributed by atoms with van der Waals surface area (Å²) in [7, 11) is 0. The van der Waals surface area contributed by atoms with E-state index in [0.717, 1.165) is 44.0 Å². The van der Waals surface area contributed by atoms with Gasteiger partial charge in [0.1, 0.15) is 12.4 Å². The number of nitrogens with zero attached hydrogens (tertiary/aromatic N) is 2. The smallest absolute Gasteiger partial charge is 0.119 e. The van der Waals surface area contributed by atoms with Gasteiger partial charge in [0.05, 0.1) is 11.6 Å². The minimum Gasteiger partial charge on any atom is -0.489 e. The molecule has 4 heteroatoms. The van der Waals surface area contributed by atoms with Crippen LogP contribution in [0, 0.1) is 32.1 Å². The van der Waals surface area contributed by atoms with Crippen LogP contribution in [0.4, 0.5) is 0 Å². The molecule has 0 fully saturated rings. The predicted octanol–water partition coefficient (Wildman–Crippen LogP) is 7.81. The third-order valence-corrected chi connectivity index (χ3v) is 6.20. The first-order chi connectivity index (χ1) is 15.9. The zero-order chi connectivity index (χ0) is 23.4. The van der Waals surface area contributed by atoms with E-state index >= 15 is 0 Å². The van der Waals surface area contributed by atoms with Gasteiger partial charge < -0.3 is 9.30 Å². The van der Waals surface area contributed by atoms with E-state index in [2.05, 4.69) is 58.6 Å². The maximum atomic E-state index is 9.73. The molecule has 4 aromatic rings. The highest BCUT2D eigenvalue weighted by Gasteiger charge is 2.11. The fourth-order valence-electron chi connectivity index (χ4n) is 3.84. The van der Waals surface area contributed by atoms with Crippen molar-refractivity contribution in [1.82, 2.24) is 4.57 Å². The molecule has 0 aliphatic heterocycles. The van der Waals surface area contributed by atoms with Crippen LogP contribution >= 0.6 is 15.9 Å². The number of nitriles is 1. The lowest BCUT2D eigenvalue weighted by molar-refractivity contribution is 0.306. The van der Waals surface area contributed by atoms with Crippen molar-refractivity contribution < 1.29 is 4.74 Å². The molecule has 0 saturated heterocycles. The monoisotopic (exact) mass is 496 g/mol. The molecule has 0 atom stereocenters. The highest BCUT2D eigenvalue weighted by atomic mass is 79.9. The Morgan fingerprint density at radius 1 is 0.939 bits per heavy atom. The van der Waals surface area contributed by atoms with Crippen LogP contribution in [0.5, 0.6) is 5.75 Å². The Labute approximate surface area is 203 Å². The van der Waals surface area contributed by atoms with Crippen LogP contribution in [0.15, 0.2) is 83.3 Å². The van der Waals surface area contributed by atoms with E-state index in [4.69, 9.17) is 4.74 Å². The van der Waals surface area contributed by atoms with Gasteiger partial charge in [-0.05, 0) is 86.0 Å². The zero-order valence-corrected chi connectivity index (χ0v) is 20.6. The van der Waals surface area contributed by atoms with Crippen LogP contribution in [-0.2, 0) is 6.61 Å². The van der Waals surface area contributed by atoms with Crippen molar-refractivity contribution in [2.24, 2.45) is 0 Å². The Morgan fingerprint density at radius 3 is 2.24 bits per heavy atom. The molecular weight excluding hydrogens is 472 g/mol. The van der Waals surface area contributed by atoms with Crippen LogP contribution in [0.3, 0.4) is 0 Å². The Kier molecular flexibility index (Phi) is 6.82. The minimum absolute atomic E-state index is 0.527. The topological polar surface area (TPSA) is 38.0 Å². The molecule has 0 amide bonds. The lowest BCUT2D eigenvalue weighted by atomic mass is 10.0. The second-order valence-electron chi connectivity index (χ2n) is 8.11. The van der Waals surface area contributed by atoms with Gasteiger partial charge in [0, 0.05) is 21.5 Å². The molecule has 164 valence electrons. The number of rotatable bonds is 6. The summed E-state index contributed by atoms with van der Waals surface area (Å²) in [5.74, 6) is 0.829. The van der Waals surface area contributed by atoms with Crippen LogP contribution in [0.1, 0.15) is 33.6 Å². The Morgan fingerprint density at radius 2 is 1.61 bits per heavy atom. The lowest BCUT2D eigenvalue weighted by Crippen LogP contribution is -2.00. The van der Waals surface area contributed by atoms with Crippen molar-refractivity contribution in [1.29, 1.82) is 5.26 Å². The molecule has 3 aromatic carbocycles. The first-order valence-electron chi connectivity index (χ1n) is 10.8. The highest BCUT2D eigenvalue weighted by molar-refractivity contribution is 9.10. The average Bonchev–Trinajstić information content (AvgIpc) is 3.10. The van der Waals surface area contributed by atoms with Gasteiger partial charge in [0.25, 0.3) is 0 Å². The summed E-state index contributed by atoms with van der Waals surface area (Å²) >= 11 is 3.45. The second-order valence-corrected chi connectivity index (χ2v) is 9.02. The van der Waals surface area contributed by atoms with Gasteiger partial charge >= 0.3 is 0 Å². The van der Waals surface area contributed by atoms with E-state index in [9.17, 15) is 5.26 Å². The molecule has 0 bridgehead atoms. The molecule has 1 heterocycles. The largest absolute Gasteiger partial charge is 0.489 e. The average molecular weight is 497 g/mol. The standard InChI is InChI=1S/C29H25BrN2O/c1-20-4-8-24(9-5-20)26(18-31)17-25-16-21(2)32(22(25)3)28-12-14-29(15-13-28)33-19-23-6-10-27(30)11-7-23/h4-17H,19H2,1-3H3/b26-17-. The van der Waals surface area contributed by atoms with Crippen LogP contribution < -0.4 is 4.74 Å². The molecule has 33 heavy (non-hydrogen) atoms. The summed E-state index contributed by atoms with van der Waals surface area (Å²) in [5.41, 5.74) is 8.21. The summed E-state index contributed by atoms with van der Waals surface area (Å²) in [5, 5.41) is 9.73. The predicted molar refractivity (Wildman–Crippen MR) is 138 cm³/mol. The maximum Gasteiger partial charge on any atom is 0.119 e. The molecule has 4 rings (SSSR count). The molecular formula is C29H25BrN2O. The van der Waals surface area contributed by atoms with E-state index in [0.29, 0.717) is 12.2 Å². The molecule has 1 aromatic heterocycles. The number of hydrogen-bond acceptors (Lipinski definition) is 2. The quantitative estimate of drug-likeness (QED) is 0.255. The molecule has 0 aliphatic rings. The molecule has 3 nitrogen and oxygen atoms in total. The van der Waals surface area contributed by atoms with Crippen molar-refractivity contribution in [2.45, 2.75) is 27.4 Å². The molecule has 0 unspecified atom stereocenters. The Balaban J connectivity index is 1.55. The number of halogens is 1. The van der Waals surface area contributed by atoms with Crippen molar-refractivity contribution in [3.05, 3.63) is 117 Å². The normalized spacial score (nSPS) is 11.3. The van der Waals surface area contributed by atoms with Gasteiger partial charge in [-0.25, -0.2) is 0 Å². The van der Waals surface area contributed by atoms with E-state index in [1.807, 2.05) is 73.7 Å². The summed E-state index contributed by atoms with van der Waals surface area (Å²) in [6.07, 6.45) is 1.97. The van der Waals surface area contributed by atoms with Gasteiger partial charge in [-0.15, -0.1) is 0 Å². The minimum atomic E-state index is 0.527. The molecule has 0 radical (unpaired) electrons. The van der Waals surface area contributed by atoms with Gasteiger partial charge in [-0.2, -0.15) is 5.26 Å². The Hall–Kier alpha value is -3.55.